The normalized spacial score (nSPS) is 17.1. The Morgan fingerprint density at radius 1 is 1.19 bits per heavy atom. The minimum absolute atomic E-state index is 0.0139. The van der Waals surface area contributed by atoms with Crippen molar-refractivity contribution in [2.45, 2.75) is 58.0 Å². The zero-order valence-electron chi connectivity index (χ0n) is 14.3. The highest BCUT2D eigenvalue weighted by molar-refractivity contribution is 6.74. The zero-order valence-corrected chi connectivity index (χ0v) is 15.3. The molecule has 0 saturated carbocycles. The van der Waals surface area contributed by atoms with Crippen molar-refractivity contribution in [2.24, 2.45) is 5.92 Å². The molecule has 0 aliphatic rings. The second kappa shape index (κ2) is 6.90. The van der Waals surface area contributed by atoms with E-state index in [0.717, 1.165) is 5.56 Å². The topological polar surface area (TPSA) is 29.5 Å². The lowest BCUT2D eigenvalue weighted by Gasteiger charge is -2.41. The van der Waals surface area contributed by atoms with Gasteiger partial charge in [0.2, 0.25) is 0 Å². The Labute approximate surface area is 131 Å². The average molecular weight is 307 g/mol. The van der Waals surface area contributed by atoms with Crippen molar-refractivity contribution in [3.05, 3.63) is 48.6 Å². The van der Waals surface area contributed by atoms with Crippen molar-refractivity contribution in [1.29, 1.82) is 0 Å². The van der Waals surface area contributed by atoms with E-state index in [-0.39, 0.29) is 17.1 Å². The number of hydrogen-bond donors (Lipinski definition) is 1. The minimum Gasteiger partial charge on any atom is -0.407 e. The van der Waals surface area contributed by atoms with Gasteiger partial charge in [-0.2, -0.15) is 0 Å². The summed E-state index contributed by atoms with van der Waals surface area (Å²) in [6, 6.07) is 10.0. The minimum atomic E-state index is -1.97. The summed E-state index contributed by atoms with van der Waals surface area (Å²) in [6.07, 6.45) is 0.898. The van der Waals surface area contributed by atoms with E-state index in [9.17, 15) is 5.11 Å². The van der Waals surface area contributed by atoms with Crippen LogP contribution >= 0.6 is 0 Å². The molecule has 118 valence electrons. The maximum atomic E-state index is 10.7. The molecule has 0 radical (unpaired) electrons. The Morgan fingerprint density at radius 3 is 2.14 bits per heavy atom. The number of aliphatic hydroxyl groups excluding tert-OH is 1. The Hall–Kier alpha value is -0.903. The molecule has 0 spiro atoms. The summed E-state index contributed by atoms with van der Waals surface area (Å²) in [4.78, 5) is 0. The third-order valence-electron chi connectivity index (χ3n) is 4.58. The van der Waals surface area contributed by atoms with Crippen LogP contribution in [0.25, 0.3) is 0 Å². The van der Waals surface area contributed by atoms with Gasteiger partial charge < -0.3 is 9.53 Å². The molecule has 0 unspecified atom stereocenters. The Bertz CT molecular complexity index is 448. The van der Waals surface area contributed by atoms with E-state index in [4.69, 9.17) is 4.43 Å². The smallest absolute Gasteiger partial charge is 0.193 e. The van der Waals surface area contributed by atoms with Gasteiger partial charge in [0, 0.05) is 5.92 Å². The predicted octanol–water partition coefficient (Wildman–Crippen LogP) is 4.93. The third kappa shape index (κ3) is 4.53. The van der Waals surface area contributed by atoms with Crippen LogP contribution < -0.4 is 0 Å². The summed E-state index contributed by atoms with van der Waals surface area (Å²) in [7, 11) is -1.97. The molecule has 0 bridgehead atoms. The fraction of sp³-hybridized carbons (Fsp3) is 0.556. The number of benzene rings is 1. The van der Waals surface area contributed by atoms with Crippen molar-refractivity contribution >= 4 is 8.32 Å². The molecule has 3 atom stereocenters. The van der Waals surface area contributed by atoms with Crippen molar-refractivity contribution in [2.75, 3.05) is 0 Å². The van der Waals surface area contributed by atoms with E-state index < -0.39 is 14.4 Å². The number of hydrogen-bond acceptors (Lipinski definition) is 2. The first-order chi connectivity index (χ1) is 9.60. The Kier molecular flexibility index (Phi) is 5.97. The lowest BCUT2D eigenvalue weighted by Crippen LogP contribution is -2.44. The maximum Gasteiger partial charge on any atom is 0.193 e. The van der Waals surface area contributed by atoms with Crippen LogP contribution in [-0.4, -0.2) is 19.5 Å². The van der Waals surface area contributed by atoms with E-state index >= 15 is 0 Å². The first-order valence-corrected chi connectivity index (χ1v) is 10.5. The molecule has 0 amide bonds. The molecule has 0 aliphatic carbocycles. The second-order valence-corrected chi connectivity index (χ2v) is 12.1. The molecule has 2 nitrogen and oxygen atoms in total. The van der Waals surface area contributed by atoms with Crippen LogP contribution in [-0.2, 0) is 4.43 Å². The van der Waals surface area contributed by atoms with Crippen molar-refractivity contribution < 1.29 is 9.53 Å². The van der Waals surface area contributed by atoms with Gasteiger partial charge in [-0.3, -0.25) is 0 Å². The summed E-state index contributed by atoms with van der Waals surface area (Å²) in [5.41, 5.74) is 1.03. The van der Waals surface area contributed by atoms with Crippen molar-refractivity contribution in [1.82, 2.24) is 0 Å². The van der Waals surface area contributed by atoms with E-state index in [1.165, 1.54) is 0 Å². The van der Waals surface area contributed by atoms with Crippen LogP contribution in [0.4, 0.5) is 0 Å². The Morgan fingerprint density at radius 2 is 1.71 bits per heavy atom. The van der Waals surface area contributed by atoms with Gasteiger partial charge in [-0.1, -0.05) is 64.1 Å². The van der Waals surface area contributed by atoms with Gasteiger partial charge in [-0.25, -0.2) is 0 Å². The summed E-state index contributed by atoms with van der Waals surface area (Å²) in [5.74, 6) is -0.0139. The number of aliphatic hydroxyl groups is 1. The van der Waals surface area contributed by atoms with Crippen LogP contribution in [0.3, 0.4) is 0 Å². The molecule has 0 aliphatic heterocycles. The molecule has 0 heterocycles. The zero-order chi connectivity index (χ0) is 16.3. The van der Waals surface area contributed by atoms with E-state index in [1.54, 1.807) is 6.08 Å². The van der Waals surface area contributed by atoms with E-state index in [1.807, 2.05) is 37.3 Å². The van der Waals surface area contributed by atoms with Crippen LogP contribution in [0, 0.1) is 5.92 Å². The van der Waals surface area contributed by atoms with Gasteiger partial charge in [0.05, 0.1) is 12.2 Å². The highest BCUT2D eigenvalue weighted by atomic mass is 28.4. The summed E-state index contributed by atoms with van der Waals surface area (Å²) in [6.45, 7) is 16.8. The maximum absolute atomic E-state index is 10.7. The van der Waals surface area contributed by atoms with Crippen LogP contribution in [0.2, 0.25) is 18.1 Å². The molecule has 1 aromatic rings. The molecule has 3 heteroatoms. The highest BCUT2D eigenvalue weighted by Crippen LogP contribution is 2.41. The molecule has 0 saturated heterocycles. The molecule has 1 rings (SSSR count). The summed E-state index contributed by atoms with van der Waals surface area (Å²) in [5, 5.41) is 10.8. The standard InChI is InChI=1S/C18H30O2Si/c1-8-14(2)16(19)17(15-12-10-9-11-13-15)20-21(6,7)18(3,4)5/h8-14,16-17,19H,1H2,2-7H3/t14-,16+,17-/m0/s1. The van der Waals surface area contributed by atoms with Crippen LogP contribution in [0.5, 0.6) is 0 Å². The first-order valence-electron chi connectivity index (χ1n) is 7.63. The molecular formula is C18H30O2Si. The lowest BCUT2D eigenvalue weighted by molar-refractivity contribution is 0.00506. The van der Waals surface area contributed by atoms with Crippen LogP contribution in [0.1, 0.15) is 39.4 Å². The van der Waals surface area contributed by atoms with Gasteiger partial charge in [0.1, 0.15) is 0 Å². The van der Waals surface area contributed by atoms with Gasteiger partial charge in [0.15, 0.2) is 8.32 Å². The molecule has 21 heavy (non-hydrogen) atoms. The highest BCUT2D eigenvalue weighted by Gasteiger charge is 2.41. The predicted molar refractivity (Wildman–Crippen MR) is 92.8 cm³/mol. The molecule has 1 aromatic carbocycles. The molecule has 0 fully saturated rings. The van der Waals surface area contributed by atoms with Crippen molar-refractivity contribution in [3.63, 3.8) is 0 Å². The second-order valence-electron chi connectivity index (χ2n) is 7.29. The first kappa shape index (κ1) is 18.1. The molecular weight excluding hydrogens is 276 g/mol. The largest absolute Gasteiger partial charge is 0.407 e. The summed E-state index contributed by atoms with van der Waals surface area (Å²) < 4.78 is 6.51. The molecule has 0 aromatic heterocycles. The van der Waals surface area contributed by atoms with E-state index in [2.05, 4.69) is 40.4 Å². The van der Waals surface area contributed by atoms with Gasteiger partial charge >= 0.3 is 0 Å². The van der Waals surface area contributed by atoms with Crippen molar-refractivity contribution in [3.8, 4) is 0 Å². The quantitative estimate of drug-likeness (QED) is 0.596. The monoisotopic (exact) mass is 306 g/mol. The SMILES string of the molecule is C=C[C@H](C)[C@@H](O)[C@@H](O[Si](C)(C)C(C)(C)C)c1ccccc1. The average Bonchev–Trinajstić information content (AvgIpc) is 2.43. The third-order valence-corrected chi connectivity index (χ3v) is 9.03. The lowest BCUT2D eigenvalue weighted by atomic mass is 9.95. The van der Waals surface area contributed by atoms with Gasteiger partial charge in [0.25, 0.3) is 0 Å². The Balaban J connectivity index is 3.12. The fourth-order valence-electron chi connectivity index (χ4n) is 1.89. The fourth-order valence-corrected chi connectivity index (χ4v) is 3.15. The number of rotatable bonds is 6. The van der Waals surface area contributed by atoms with Gasteiger partial charge in [-0.05, 0) is 23.7 Å². The van der Waals surface area contributed by atoms with Gasteiger partial charge in [-0.15, -0.1) is 6.58 Å². The summed E-state index contributed by atoms with van der Waals surface area (Å²) >= 11 is 0. The van der Waals surface area contributed by atoms with Crippen LogP contribution in [0.15, 0.2) is 43.0 Å². The van der Waals surface area contributed by atoms with E-state index in [0.29, 0.717) is 0 Å². The molecule has 1 N–H and O–H groups in total.